The summed E-state index contributed by atoms with van der Waals surface area (Å²) in [5, 5.41) is 3.15. The van der Waals surface area contributed by atoms with Gasteiger partial charge in [0.2, 0.25) is 5.91 Å². The zero-order chi connectivity index (χ0) is 23.7. The number of nitrogens with one attached hydrogen (secondary N) is 1. The molecule has 8 heteroatoms. The molecule has 2 aromatic carbocycles. The summed E-state index contributed by atoms with van der Waals surface area (Å²) in [4.78, 5) is 31.0. The Morgan fingerprint density at radius 1 is 1.15 bits per heavy atom. The first-order valence-electron chi connectivity index (χ1n) is 11.1. The Morgan fingerprint density at radius 2 is 1.88 bits per heavy atom. The monoisotopic (exact) mass is 446 g/mol. The van der Waals surface area contributed by atoms with Crippen LogP contribution in [0.1, 0.15) is 24.0 Å². The number of hydrogen-bond acceptors (Lipinski definition) is 6. The molecule has 3 aromatic rings. The van der Waals surface area contributed by atoms with Gasteiger partial charge >= 0.3 is 0 Å². The lowest BCUT2D eigenvalue weighted by Gasteiger charge is -2.33. The molecule has 0 spiro atoms. The summed E-state index contributed by atoms with van der Waals surface area (Å²) in [5.74, 6) is -0.0697. The Morgan fingerprint density at radius 3 is 2.55 bits per heavy atom. The van der Waals surface area contributed by atoms with Crippen molar-refractivity contribution in [3.8, 4) is 11.3 Å². The van der Waals surface area contributed by atoms with Crippen LogP contribution in [0, 0.1) is 19.8 Å². The van der Waals surface area contributed by atoms with Crippen LogP contribution >= 0.6 is 0 Å². The van der Waals surface area contributed by atoms with Crippen LogP contribution < -0.4 is 27.2 Å². The molecule has 5 N–H and O–H groups in total. The Hall–Kier alpha value is -3.81. The first-order valence-corrected chi connectivity index (χ1v) is 11.1. The summed E-state index contributed by atoms with van der Waals surface area (Å²) in [6.07, 6.45) is 3.20. The van der Waals surface area contributed by atoms with Gasteiger partial charge in [-0.25, -0.2) is 4.98 Å². The minimum atomic E-state index is -0.237. The van der Waals surface area contributed by atoms with Gasteiger partial charge < -0.3 is 26.3 Å². The van der Waals surface area contributed by atoms with Crippen LogP contribution in [0.15, 0.2) is 47.4 Å². The highest BCUT2D eigenvalue weighted by Crippen LogP contribution is 2.31. The summed E-state index contributed by atoms with van der Waals surface area (Å²) in [6, 6.07) is 11.7. The van der Waals surface area contributed by atoms with Gasteiger partial charge in [-0.3, -0.25) is 9.59 Å². The second-order valence-electron chi connectivity index (χ2n) is 8.70. The minimum Gasteiger partial charge on any atom is -0.397 e. The molecule has 0 unspecified atom stereocenters. The van der Waals surface area contributed by atoms with Crippen molar-refractivity contribution >= 4 is 28.8 Å². The average Bonchev–Trinajstić information content (AvgIpc) is 2.79. The maximum Gasteiger partial charge on any atom is 0.293 e. The number of piperidine rings is 1. The molecule has 1 aliphatic rings. The molecule has 4 rings (SSSR count). The lowest BCUT2D eigenvalue weighted by atomic mass is 9.96. The molecular formula is C25H30N6O2. The van der Waals surface area contributed by atoms with Crippen LogP contribution in [-0.2, 0) is 11.8 Å². The second kappa shape index (κ2) is 8.97. The van der Waals surface area contributed by atoms with E-state index >= 15 is 0 Å². The van der Waals surface area contributed by atoms with Gasteiger partial charge in [0.25, 0.3) is 5.56 Å². The van der Waals surface area contributed by atoms with E-state index in [0.29, 0.717) is 11.4 Å². The van der Waals surface area contributed by atoms with E-state index < -0.39 is 0 Å². The zero-order valence-electron chi connectivity index (χ0n) is 19.3. The molecule has 1 amide bonds. The van der Waals surface area contributed by atoms with Gasteiger partial charge in [-0.2, -0.15) is 0 Å². The second-order valence-corrected chi connectivity index (χ2v) is 8.70. The normalized spacial score (nSPS) is 14.3. The maximum absolute atomic E-state index is 12.8. The Bertz CT molecular complexity index is 1260. The highest BCUT2D eigenvalue weighted by Gasteiger charge is 2.24. The minimum absolute atomic E-state index is 0.0741. The molecule has 0 bridgehead atoms. The number of carbonyl (C=O) groups excluding carboxylic acids is 1. The molecular weight excluding hydrogens is 416 g/mol. The lowest BCUT2D eigenvalue weighted by Crippen LogP contribution is -2.38. The van der Waals surface area contributed by atoms with E-state index in [1.54, 1.807) is 19.3 Å². The molecule has 33 heavy (non-hydrogen) atoms. The summed E-state index contributed by atoms with van der Waals surface area (Å²) in [5.41, 5.74) is 17.8. The van der Waals surface area contributed by atoms with Gasteiger partial charge in [0.15, 0.2) is 5.82 Å². The number of nitrogen functional groups attached to an aromatic ring is 1. The van der Waals surface area contributed by atoms with Crippen LogP contribution in [0.3, 0.4) is 0 Å². The molecule has 1 aromatic heterocycles. The average molecular weight is 447 g/mol. The third-order valence-corrected chi connectivity index (χ3v) is 6.48. The number of benzene rings is 2. The zero-order valence-corrected chi connectivity index (χ0v) is 19.3. The van der Waals surface area contributed by atoms with Crippen LogP contribution in [0.4, 0.5) is 22.9 Å². The van der Waals surface area contributed by atoms with E-state index in [9.17, 15) is 9.59 Å². The summed E-state index contributed by atoms with van der Waals surface area (Å²) >= 11 is 0. The fourth-order valence-electron chi connectivity index (χ4n) is 4.31. The Kier molecular flexibility index (Phi) is 6.09. The van der Waals surface area contributed by atoms with Gasteiger partial charge in [0, 0.05) is 43.5 Å². The number of aryl methyl sites for hydroxylation is 2. The number of anilines is 4. The number of rotatable bonds is 5. The first-order chi connectivity index (χ1) is 15.7. The van der Waals surface area contributed by atoms with E-state index in [0.717, 1.165) is 48.4 Å². The molecule has 1 aliphatic heterocycles. The summed E-state index contributed by atoms with van der Waals surface area (Å²) in [7, 11) is 1.72. The standard InChI is InChI=1S/C25H30N6O2/c1-15-5-4-6-19(16(15)2)21-14-30(3)25(33)24(29-21)28-18-7-8-22(20(26)13-18)31-11-9-17(10-12-31)23(27)32/h4-8,13-14,17H,9-12,26H2,1-3H3,(H2,27,32)(H,28,29). The van der Waals surface area contributed by atoms with Crippen molar-refractivity contribution in [2.24, 2.45) is 18.7 Å². The molecule has 2 heterocycles. The number of carbonyl (C=O) groups is 1. The molecule has 172 valence electrons. The number of primary amides is 1. The number of nitrogens with zero attached hydrogens (tertiary/aromatic N) is 3. The van der Waals surface area contributed by atoms with E-state index in [1.807, 2.05) is 24.3 Å². The predicted molar refractivity (Wildman–Crippen MR) is 133 cm³/mol. The van der Waals surface area contributed by atoms with Crippen LogP contribution in [0.5, 0.6) is 0 Å². The first kappa shape index (κ1) is 22.4. The van der Waals surface area contributed by atoms with Gasteiger partial charge in [0.05, 0.1) is 17.1 Å². The SMILES string of the molecule is Cc1cccc(-c2cn(C)c(=O)c(Nc3ccc(N4CCC(C(N)=O)CC4)c(N)c3)n2)c1C. The van der Waals surface area contributed by atoms with Crippen molar-refractivity contribution in [1.29, 1.82) is 0 Å². The van der Waals surface area contributed by atoms with E-state index in [2.05, 4.69) is 35.1 Å². The highest BCUT2D eigenvalue weighted by atomic mass is 16.1. The molecule has 1 fully saturated rings. The molecule has 0 radical (unpaired) electrons. The Labute approximate surface area is 193 Å². The largest absolute Gasteiger partial charge is 0.397 e. The predicted octanol–water partition coefficient (Wildman–Crippen LogP) is 3.09. The molecule has 8 nitrogen and oxygen atoms in total. The van der Waals surface area contributed by atoms with Crippen molar-refractivity contribution in [3.05, 3.63) is 64.1 Å². The fourth-order valence-corrected chi connectivity index (χ4v) is 4.31. The Balaban J connectivity index is 1.59. The maximum atomic E-state index is 12.8. The third kappa shape index (κ3) is 4.55. The van der Waals surface area contributed by atoms with Crippen LogP contribution in [-0.4, -0.2) is 28.5 Å². The van der Waals surface area contributed by atoms with Crippen molar-refractivity contribution in [3.63, 3.8) is 0 Å². The molecule has 1 saturated heterocycles. The molecule has 0 atom stereocenters. The van der Waals surface area contributed by atoms with Crippen molar-refractivity contribution < 1.29 is 4.79 Å². The van der Waals surface area contributed by atoms with Gasteiger partial charge in [-0.15, -0.1) is 0 Å². The van der Waals surface area contributed by atoms with Gasteiger partial charge in [-0.1, -0.05) is 18.2 Å². The summed E-state index contributed by atoms with van der Waals surface area (Å²) < 4.78 is 1.53. The molecule has 0 aliphatic carbocycles. The van der Waals surface area contributed by atoms with Crippen LogP contribution in [0.25, 0.3) is 11.3 Å². The summed E-state index contributed by atoms with van der Waals surface area (Å²) in [6.45, 7) is 5.56. The highest BCUT2D eigenvalue weighted by molar-refractivity contribution is 5.78. The van der Waals surface area contributed by atoms with Gasteiger partial charge in [-0.05, 0) is 56.0 Å². The number of hydrogen-bond donors (Lipinski definition) is 3. The number of aromatic nitrogens is 2. The number of amides is 1. The van der Waals surface area contributed by atoms with E-state index in [1.165, 1.54) is 10.1 Å². The van der Waals surface area contributed by atoms with Crippen molar-refractivity contribution in [2.45, 2.75) is 26.7 Å². The van der Waals surface area contributed by atoms with Crippen molar-refractivity contribution in [1.82, 2.24) is 9.55 Å². The number of nitrogens with two attached hydrogens (primary N) is 2. The fraction of sp³-hybridized carbons (Fsp3) is 0.320. The smallest absolute Gasteiger partial charge is 0.293 e. The quantitative estimate of drug-likeness (QED) is 0.518. The van der Waals surface area contributed by atoms with Gasteiger partial charge in [0.1, 0.15) is 0 Å². The van der Waals surface area contributed by atoms with Crippen molar-refractivity contribution in [2.75, 3.05) is 29.0 Å². The lowest BCUT2D eigenvalue weighted by molar-refractivity contribution is -0.122. The molecule has 0 saturated carbocycles. The van der Waals surface area contributed by atoms with Crippen LogP contribution in [0.2, 0.25) is 0 Å². The van der Waals surface area contributed by atoms with E-state index in [-0.39, 0.29) is 23.2 Å². The topological polar surface area (TPSA) is 119 Å². The third-order valence-electron chi connectivity index (χ3n) is 6.48. The van der Waals surface area contributed by atoms with E-state index in [4.69, 9.17) is 11.5 Å².